The third kappa shape index (κ3) is 4.74. The van der Waals surface area contributed by atoms with E-state index in [2.05, 4.69) is 25.2 Å². The van der Waals surface area contributed by atoms with Crippen molar-refractivity contribution in [1.29, 1.82) is 0 Å². The van der Waals surface area contributed by atoms with E-state index in [4.69, 9.17) is 9.47 Å². The lowest BCUT2D eigenvalue weighted by Crippen LogP contribution is -2.41. The minimum absolute atomic E-state index is 0.0590. The van der Waals surface area contributed by atoms with Gasteiger partial charge in [-0.05, 0) is 42.9 Å². The highest BCUT2D eigenvalue weighted by Gasteiger charge is 2.16. The van der Waals surface area contributed by atoms with E-state index in [1.165, 1.54) is 5.56 Å². The molecule has 0 aromatic heterocycles. The summed E-state index contributed by atoms with van der Waals surface area (Å²) in [7, 11) is 0. The van der Waals surface area contributed by atoms with Crippen LogP contribution in [0.2, 0.25) is 0 Å². The van der Waals surface area contributed by atoms with Gasteiger partial charge in [0.25, 0.3) is 5.91 Å². The monoisotopic (exact) mass is 291 g/mol. The Labute approximate surface area is 126 Å². The summed E-state index contributed by atoms with van der Waals surface area (Å²) in [4.78, 5) is 11.9. The standard InChI is InChI=1S/C17H25NO3/c1-12(2)14-5-4-13(3)16(10-14)21-11-17(19)18-15-6-8-20-9-7-15/h4-5,10,12,15H,6-9,11H2,1-3H3,(H,18,19). The van der Waals surface area contributed by atoms with Crippen molar-refractivity contribution >= 4 is 5.91 Å². The second-order valence-corrected chi connectivity index (χ2v) is 5.92. The third-order valence-electron chi connectivity index (χ3n) is 3.82. The van der Waals surface area contributed by atoms with Crippen LogP contribution in [0.4, 0.5) is 0 Å². The van der Waals surface area contributed by atoms with Crippen LogP contribution in [0.5, 0.6) is 5.75 Å². The Bertz CT molecular complexity index is 479. The van der Waals surface area contributed by atoms with E-state index < -0.39 is 0 Å². The minimum Gasteiger partial charge on any atom is -0.483 e. The first-order valence-corrected chi connectivity index (χ1v) is 7.66. The van der Waals surface area contributed by atoms with Crippen molar-refractivity contribution in [3.8, 4) is 5.75 Å². The van der Waals surface area contributed by atoms with Gasteiger partial charge in [0.1, 0.15) is 5.75 Å². The summed E-state index contributed by atoms with van der Waals surface area (Å²) in [6, 6.07) is 6.40. The number of hydrogen-bond acceptors (Lipinski definition) is 3. The molecule has 0 bridgehead atoms. The molecule has 4 nitrogen and oxygen atoms in total. The fourth-order valence-corrected chi connectivity index (χ4v) is 2.39. The Hall–Kier alpha value is -1.55. The van der Waals surface area contributed by atoms with Gasteiger partial charge in [-0.3, -0.25) is 4.79 Å². The van der Waals surface area contributed by atoms with E-state index in [1.54, 1.807) is 0 Å². The predicted molar refractivity (Wildman–Crippen MR) is 82.7 cm³/mol. The molecule has 0 radical (unpaired) electrons. The Kier molecular flexibility index (Phi) is 5.62. The second-order valence-electron chi connectivity index (χ2n) is 5.92. The zero-order valence-corrected chi connectivity index (χ0v) is 13.1. The van der Waals surface area contributed by atoms with Crippen LogP contribution in [0.15, 0.2) is 18.2 Å². The molecule has 1 N–H and O–H groups in total. The fourth-order valence-electron chi connectivity index (χ4n) is 2.39. The number of nitrogens with one attached hydrogen (secondary N) is 1. The van der Waals surface area contributed by atoms with Crippen LogP contribution >= 0.6 is 0 Å². The highest BCUT2D eigenvalue weighted by molar-refractivity contribution is 5.77. The molecule has 1 fully saturated rings. The summed E-state index contributed by atoms with van der Waals surface area (Å²) < 4.78 is 11.0. The van der Waals surface area contributed by atoms with Crippen molar-refractivity contribution in [2.45, 2.75) is 45.6 Å². The summed E-state index contributed by atoms with van der Waals surface area (Å²) in [5.41, 5.74) is 2.28. The number of carbonyl (C=O) groups is 1. The Morgan fingerprint density at radius 3 is 2.76 bits per heavy atom. The lowest BCUT2D eigenvalue weighted by molar-refractivity contribution is -0.124. The van der Waals surface area contributed by atoms with Gasteiger partial charge in [0.15, 0.2) is 6.61 Å². The van der Waals surface area contributed by atoms with Gasteiger partial charge < -0.3 is 14.8 Å². The zero-order chi connectivity index (χ0) is 15.2. The smallest absolute Gasteiger partial charge is 0.258 e. The summed E-state index contributed by atoms with van der Waals surface area (Å²) in [5, 5.41) is 3.00. The van der Waals surface area contributed by atoms with Gasteiger partial charge >= 0.3 is 0 Å². The predicted octanol–water partition coefficient (Wildman–Crippen LogP) is 2.79. The number of carbonyl (C=O) groups excluding carboxylic acids is 1. The van der Waals surface area contributed by atoms with E-state index in [0.29, 0.717) is 5.92 Å². The zero-order valence-electron chi connectivity index (χ0n) is 13.1. The molecule has 1 aliphatic rings. The van der Waals surface area contributed by atoms with E-state index >= 15 is 0 Å². The van der Waals surface area contributed by atoms with Crippen LogP contribution in [0, 0.1) is 6.92 Å². The Morgan fingerprint density at radius 1 is 1.38 bits per heavy atom. The van der Waals surface area contributed by atoms with Crippen molar-refractivity contribution in [3.63, 3.8) is 0 Å². The van der Waals surface area contributed by atoms with Gasteiger partial charge in [-0.2, -0.15) is 0 Å². The maximum atomic E-state index is 11.9. The number of ether oxygens (including phenoxy) is 2. The van der Waals surface area contributed by atoms with Crippen molar-refractivity contribution < 1.29 is 14.3 Å². The topological polar surface area (TPSA) is 47.6 Å². The molecule has 1 amide bonds. The molecule has 0 saturated carbocycles. The molecule has 0 unspecified atom stereocenters. The molecule has 0 aliphatic carbocycles. The first-order chi connectivity index (χ1) is 10.1. The normalized spacial score (nSPS) is 16.0. The van der Waals surface area contributed by atoms with Crippen LogP contribution in [-0.2, 0) is 9.53 Å². The number of benzene rings is 1. The molecule has 0 spiro atoms. The third-order valence-corrected chi connectivity index (χ3v) is 3.82. The molecule has 0 atom stereocenters. The molecule has 2 rings (SSSR count). The number of aryl methyl sites for hydroxylation is 1. The Morgan fingerprint density at radius 2 is 2.10 bits per heavy atom. The summed E-state index contributed by atoms with van der Waals surface area (Å²) in [5.74, 6) is 1.18. The molecular weight excluding hydrogens is 266 g/mol. The van der Waals surface area contributed by atoms with Crippen LogP contribution in [0.25, 0.3) is 0 Å². The van der Waals surface area contributed by atoms with Crippen molar-refractivity contribution in [2.75, 3.05) is 19.8 Å². The number of rotatable bonds is 5. The molecule has 1 aromatic carbocycles. The first kappa shape index (κ1) is 15.8. The van der Waals surface area contributed by atoms with Crippen LogP contribution in [0.1, 0.15) is 43.7 Å². The average molecular weight is 291 g/mol. The van der Waals surface area contributed by atoms with E-state index in [9.17, 15) is 4.79 Å². The van der Waals surface area contributed by atoms with Gasteiger partial charge in [0.2, 0.25) is 0 Å². The Balaban J connectivity index is 1.86. The lowest BCUT2D eigenvalue weighted by Gasteiger charge is -2.23. The first-order valence-electron chi connectivity index (χ1n) is 7.66. The molecule has 21 heavy (non-hydrogen) atoms. The fraction of sp³-hybridized carbons (Fsp3) is 0.588. The highest BCUT2D eigenvalue weighted by atomic mass is 16.5. The summed E-state index contributed by atoms with van der Waals surface area (Å²) in [6.45, 7) is 7.80. The quantitative estimate of drug-likeness (QED) is 0.907. The van der Waals surface area contributed by atoms with Crippen LogP contribution in [0.3, 0.4) is 0 Å². The molecule has 1 heterocycles. The van der Waals surface area contributed by atoms with Crippen LogP contribution < -0.4 is 10.1 Å². The van der Waals surface area contributed by atoms with E-state index in [1.807, 2.05) is 19.1 Å². The van der Waals surface area contributed by atoms with Gasteiger partial charge in [0.05, 0.1) is 0 Å². The maximum absolute atomic E-state index is 11.9. The minimum atomic E-state index is -0.0590. The molecule has 1 aliphatic heterocycles. The number of amides is 1. The molecular formula is C17H25NO3. The number of hydrogen-bond donors (Lipinski definition) is 1. The second kappa shape index (κ2) is 7.46. The van der Waals surface area contributed by atoms with Crippen molar-refractivity contribution in [1.82, 2.24) is 5.32 Å². The van der Waals surface area contributed by atoms with E-state index in [-0.39, 0.29) is 18.6 Å². The molecule has 1 aromatic rings. The molecule has 116 valence electrons. The van der Waals surface area contributed by atoms with Crippen molar-refractivity contribution in [2.24, 2.45) is 0 Å². The van der Waals surface area contributed by atoms with Gasteiger partial charge in [-0.1, -0.05) is 26.0 Å². The molecule has 4 heteroatoms. The van der Waals surface area contributed by atoms with Crippen LogP contribution in [-0.4, -0.2) is 31.8 Å². The van der Waals surface area contributed by atoms with E-state index in [0.717, 1.165) is 37.4 Å². The highest BCUT2D eigenvalue weighted by Crippen LogP contribution is 2.24. The lowest BCUT2D eigenvalue weighted by atomic mass is 10.0. The SMILES string of the molecule is Cc1ccc(C(C)C)cc1OCC(=O)NC1CCOCC1. The summed E-state index contributed by atoms with van der Waals surface area (Å²) >= 11 is 0. The average Bonchev–Trinajstić information content (AvgIpc) is 2.47. The maximum Gasteiger partial charge on any atom is 0.258 e. The molecule has 1 saturated heterocycles. The van der Waals surface area contributed by atoms with Gasteiger partial charge in [0, 0.05) is 19.3 Å². The van der Waals surface area contributed by atoms with Crippen molar-refractivity contribution in [3.05, 3.63) is 29.3 Å². The summed E-state index contributed by atoms with van der Waals surface area (Å²) in [6.07, 6.45) is 1.77. The van der Waals surface area contributed by atoms with Gasteiger partial charge in [-0.25, -0.2) is 0 Å². The largest absolute Gasteiger partial charge is 0.483 e. The van der Waals surface area contributed by atoms with Gasteiger partial charge in [-0.15, -0.1) is 0 Å².